The molecule has 1 radical (unpaired) electrons. The van der Waals surface area contributed by atoms with Crippen molar-refractivity contribution < 1.29 is 25.6 Å². The van der Waals surface area contributed by atoms with Crippen LogP contribution in [0.1, 0.15) is 88.3 Å². The molecule has 2 aromatic carbocycles. The van der Waals surface area contributed by atoms with Crippen LogP contribution in [-0.4, -0.2) is 7.11 Å². The van der Waals surface area contributed by atoms with Gasteiger partial charge in [-0.1, -0.05) is 59.3 Å². The number of ether oxygens (including phenoxy) is 1. The second-order valence-electron chi connectivity index (χ2n) is 11.0. The van der Waals surface area contributed by atoms with Gasteiger partial charge in [0.1, 0.15) is 5.75 Å². The van der Waals surface area contributed by atoms with Crippen LogP contribution >= 0.6 is 17.0 Å². The van der Waals surface area contributed by atoms with Crippen molar-refractivity contribution in [2.24, 2.45) is 0 Å². The third-order valence-corrected chi connectivity index (χ3v) is 6.43. The van der Waals surface area contributed by atoms with Crippen molar-refractivity contribution in [3.63, 3.8) is 0 Å². The molecule has 171 valence electrons. The number of halogens is 2. The molecule has 32 heavy (non-hydrogen) atoms. The Morgan fingerprint density at radius 3 is 1.97 bits per heavy atom. The average Bonchev–Trinajstić information content (AvgIpc) is 3.29. The molecule has 0 aromatic heterocycles. The second-order valence-corrected chi connectivity index (χ2v) is 14.7. The number of allylic oxidation sites excluding steroid dienone is 1. The SMILES string of the molecule is COc1c(C(C)(C)C)cc(-c2c3c(cc4c2CCC4)[CH]C(C)=C3)cc1C(C)(C)C.[Cl][Zr][Cl]. The summed E-state index contributed by atoms with van der Waals surface area (Å²) in [4.78, 5) is 0. The van der Waals surface area contributed by atoms with Gasteiger partial charge in [0.25, 0.3) is 0 Å². The number of fused-ring (bicyclic) bond motifs is 2. The Morgan fingerprint density at radius 2 is 1.47 bits per heavy atom. The Bertz CT molecular complexity index is 1000. The van der Waals surface area contributed by atoms with Gasteiger partial charge in [0, 0.05) is 17.5 Å². The third kappa shape index (κ3) is 5.24. The van der Waals surface area contributed by atoms with Crippen LogP contribution in [0.5, 0.6) is 5.75 Å². The topological polar surface area (TPSA) is 9.23 Å². The molecule has 0 aliphatic heterocycles. The van der Waals surface area contributed by atoms with E-state index in [9.17, 15) is 0 Å². The first-order chi connectivity index (χ1) is 14.9. The van der Waals surface area contributed by atoms with Gasteiger partial charge < -0.3 is 4.74 Å². The second kappa shape index (κ2) is 9.97. The van der Waals surface area contributed by atoms with Crippen molar-refractivity contribution in [3.8, 4) is 16.9 Å². The zero-order valence-corrected chi connectivity index (χ0v) is 24.6. The van der Waals surface area contributed by atoms with E-state index in [0.717, 1.165) is 5.75 Å². The minimum atomic E-state index is -0.826. The van der Waals surface area contributed by atoms with Gasteiger partial charge in [-0.3, -0.25) is 0 Å². The van der Waals surface area contributed by atoms with E-state index in [-0.39, 0.29) is 10.8 Å². The zero-order valence-electron chi connectivity index (χ0n) is 20.7. The molecule has 2 aliphatic rings. The van der Waals surface area contributed by atoms with E-state index in [1.165, 1.54) is 58.2 Å². The van der Waals surface area contributed by atoms with Gasteiger partial charge in [-0.15, -0.1) is 0 Å². The van der Waals surface area contributed by atoms with Gasteiger partial charge in [-0.25, -0.2) is 0 Å². The molecule has 2 aromatic rings. The summed E-state index contributed by atoms with van der Waals surface area (Å²) in [6, 6.07) is 7.25. The van der Waals surface area contributed by atoms with Gasteiger partial charge >= 0.3 is 37.9 Å². The molecule has 0 unspecified atom stereocenters. The number of rotatable bonds is 2. The molecule has 2 aliphatic carbocycles. The first-order valence-electron chi connectivity index (χ1n) is 11.3. The van der Waals surface area contributed by atoms with Crippen LogP contribution < -0.4 is 4.74 Å². The summed E-state index contributed by atoms with van der Waals surface area (Å²) in [5, 5.41) is 0. The van der Waals surface area contributed by atoms with Crippen molar-refractivity contribution in [2.75, 3.05) is 7.11 Å². The molecule has 0 spiro atoms. The van der Waals surface area contributed by atoms with Crippen molar-refractivity contribution in [1.29, 1.82) is 0 Å². The van der Waals surface area contributed by atoms with E-state index in [1.807, 2.05) is 7.11 Å². The molecule has 1 nitrogen and oxygen atoms in total. The van der Waals surface area contributed by atoms with Crippen LogP contribution in [-0.2, 0) is 44.5 Å². The fourth-order valence-corrected chi connectivity index (χ4v) is 5.01. The van der Waals surface area contributed by atoms with Gasteiger partial charge in [0.15, 0.2) is 0 Å². The van der Waals surface area contributed by atoms with Gasteiger partial charge in [0.2, 0.25) is 0 Å². The first kappa shape index (κ1) is 26.1. The van der Waals surface area contributed by atoms with Crippen LogP contribution in [0, 0.1) is 6.42 Å². The summed E-state index contributed by atoms with van der Waals surface area (Å²) >= 11 is -0.826. The molecule has 0 fully saturated rings. The molecule has 0 amide bonds. The van der Waals surface area contributed by atoms with E-state index in [4.69, 9.17) is 21.8 Å². The molecular weight excluding hydrogens is 514 g/mol. The van der Waals surface area contributed by atoms with Crippen molar-refractivity contribution in [1.82, 2.24) is 0 Å². The molecule has 0 bridgehead atoms. The summed E-state index contributed by atoms with van der Waals surface area (Å²) in [6.07, 6.45) is 8.38. The molecule has 4 rings (SSSR count). The van der Waals surface area contributed by atoms with Crippen LogP contribution in [0.4, 0.5) is 0 Å². The van der Waals surface area contributed by atoms with Crippen molar-refractivity contribution in [2.45, 2.75) is 78.6 Å². The quantitative estimate of drug-likeness (QED) is 0.364. The molecule has 0 atom stereocenters. The van der Waals surface area contributed by atoms with E-state index in [2.05, 4.69) is 79.2 Å². The van der Waals surface area contributed by atoms with Gasteiger partial charge in [0.05, 0.1) is 7.11 Å². The maximum atomic E-state index is 6.00. The monoisotopic (exact) mass is 547 g/mol. The van der Waals surface area contributed by atoms with Crippen molar-refractivity contribution >= 4 is 23.1 Å². The standard InChI is InChI=1S/C28H35O.2ClH.Zr/c1-17-12-19-14-18-10-9-11-21(18)25(22(19)13-17)20-15-23(27(2,3)4)26(29-8)24(16-20)28(5,6)7;;;/h12-16H,9-11H2,1-8H3;2*1H;/q;;;+2/p-2. The normalized spacial score (nSPS) is 14.9. The molecule has 0 saturated carbocycles. The van der Waals surface area contributed by atoms with Gasteiger partial charge in [-0.05, 0) is 82.5 Å². The van der Waals surface area contributed by atoms with E-state index in [1.54, 1.807) is 11.1 Å². The number of methoxy groups -OCH3 is 1. The number of hydrogen-bond donors (Lipinski definition) is 0. The third-order valence-electron chi connectivity index (χ3n) is 6.43. The number of hydrogen-bond acceptors (Lipinski definition) is 1. The van der Waals surface area contributed by atoms with E-state index in [0.29, 0.717) is 0 Å². The summed E-state index contributed by atoms with van der Waals surface area (Å²) in [5.41, 5.74) is 12.7. The summed E-state index contributed by atoms with van der Waals surface area (Å²) in [6.45, 7) is 16.0. The summed E-state index contributed by atoms with van der Waals surface area (Å²) in [5.74, 6) is 1.05. The Morgan fingerprint density at radius 1 is 0.906 bits per heavy atom. The fourth-order valence-electron chi connectivity index (χ4n) is 5.01. The molecule has 0 saturated heterocycles. The molecule has 0 heterocycles. The van der Waals surface area contributed by atoms with Crippen LogP contribution in [0.25, 0.3) is 17.2 Å². The molecule has 4 heteroatoms. The van der Waals surface area contributed by atoms with Crippen LogP contribution in [0.2, 0.25) is 0 Å². The Kier molecular flexibility index (Phi) is 8.12. The van der Waals surface area contributed by atoms with Crippen molar-refractivity contribution in [3.05, 3.63) is 63.6 Å². The molecule has 0 N–H and O–H groups in total. The maximum absolute atomic E-state index is 6.00. The van der Waals surface area contributed by atoms with Crippen LogP contribution in [0.15, 0.2) is 23.8 Å². The van der Waals surface area contributed by atoms with E-state index < -0.39 is 20.8 Å². The number of benzene rings is 2. The minimum absolute atomic E-state index is 0.0142. The Labute approximate surface area is 213 Å². The molecular formula is C28H35Cl2OZr. The van der Waals surface area contributed by atoms with Gasteiger partial charge in [-0.2, -0.15) is 0 Å². The summed E-state index contributed by atoms with van der Waals surface area (Å²) < 4.78 is 6.00. The Balaban J connectivity index is 0.000000913. The predicted molar refractivity (Wildman–Crippen MR) is 137 cm³/mol. The average molecular weight is 550 g/mol. The number of aryl methyl sites for hydroxylation is 1. The predicted octanol–water partition coefficient (Wildman–Crippen LogP) is 8.79. The first-order valence-corrected chi connectivity index (χ1v) is 17.7. The Hall–Kier alpha value is -0.557. The summed E-state index contributed by atoms with van der Waals surface area (Å²) in [7, 11) is 11.7. The zero-order chi connectivity index (χ0) is 23.8. The van der Waals surface area contributed by atoms with Crippen LogP contribution in [0.3, 0.4) is 0 Å². The van der Waals surface area contributed by atoms with E-state index >= 15 is 0 Å². The fraction of sp³-hybridized carbons (Fsp3) is 0.464.